The minimum atomic E-state index is -0.902. The number of rotatable bonds is 1. The van der Waals surface area contributed by atoms with E-state index >= 15 is 0 Å². The monoisotopic (exact) mass is 174 g/mol. The van der Waals surface area contributed by atoms with Gasteiger partial charge in [-0.2, -0.15) is 0 Å². The van der Waals surface area contributed by atoms with Gasteiger partial charge in [0.15, 0.2) is 0 Å². The van der Waals surface area contributed by atoms with Crippen LogP contribution in [0.3, 0.4) is 0 Å². The molecule has 1 aliphatic carbocycles. The van der Waals surface area contributed by atoms with Gasteiger partial charge in [-0.25, -0.2) is 0 Å². The predicted octanol–water partition coefficient (Wildman–Crippen LogP) is -0.932. The topological polar surface area (TPSA) is 77.8 Å². The molecular weight excluding hydrogens is 160 g/mol. The van der Waals surface area contributed by atoms with E-state index in [0.717, 1.165) is 0 Å². The molecule has 3 N–H and O–H groups in total. The van der Waals surface area contributed by atoms with E-state index in [1.165, 1.54) is 6.92 Å². The Morgan fingerprint density at radius 1 is 1.17 bits per heavy atom. The molecule has 4 nitrogen and oxygen atoms in total. The second-order valence-electron chi connectivity index (χ2n) is 3.40. The van der Waals surface area contributed by atoms with E-state index in [2.05, 4.69) is 0 Å². The van der Waals surface area contributed by atoms with Gasteiger partial charge in [0, 0.05) is 12.8 Å². The Balaban J connectivity index is 2.66. The first-order valence-electron chi connectivity index (χ1n) is 4.07. The molecule has 0 radical (unpaired) electrons. The number of aliphatic hydroxyl groups excluding tert-OH is 3. The van der Waals surface area contributed by atoms with Crippen molar-refractivity contribution in [1.29, 1.82) is 0 Å². The summed E-state index contributed by atoms with van der Waals surface area (Å²) in [6.45, 7) is 1.34. The Bertz CT molecular complexity index is 168. The molecule has 1 rings (SSSR count). The van der Waals surface area contributed by atoms with Gasteiger partial charge in [-0.05, 0) is 6.92 Å². The van der Waals surface area contributed by atoms with E-state index in [1.807, 2.05) is 0 Å². The van der Waals surface area contributed by atoms with Crippen molar-refractivity contribution in [1.82, 2.24) is 0 Å². The maximum absolute atomic E-state index is 10.9. The largest absolute Gasteiger partial charge is 0.393 e. The molecule has 0 aromatic heterocycles. The number of Topliss-reactive ketones (excluding diaryl/α,β-unsaturated/α-hetero) is 1. The van der Waals surface area contributed by atoms with Crippen LogP contribution in [0.2, 0.25) is 0 Å². The summed E-state index contributed by atoms with van der Waals surface area (Å²) < 4.78 is 0. The number of hydrogen-bond acceptors (Lipinski definition) is 4. The van der Waals surface area contributed by atoms with Crippen LogP contribution in [0.15, 0.2) is 0 Å². The van der Waals surface area contributed by atoms with Crippen molar-refractivity contribution < 1.29 is 20.1 Å². The van der Waals surface area contributed by atoms with Crippen LogP contribution >= 0.6 is 0 Å². The van der Waals surface area contributed by atoms with E-state index in [0.29, 0.717) is 0 Å². The first-order valence-corrected chi connectivity index (χ1v) is 4.07. The zero-order valence-electron chi connectivity index (χ0n) is 6.97. The standard InChI is InChI=1S/C8H14O4/c1-4(9)8-6(11)2-5(10)3-7(8)12/h5-8,10-12H,2-3H2,1H3. The fourth-order valence-electron chi connectivity index (χ4n) is 1.75. The summed E-state index contributed by atoms with van der Waals surface area (Å²) in [7, 11) is 0. The van der Waals surface area contributed by atoms with Crippen LogP contribution in [0.4, 0.5) is 0 Å². The normalized spacial score (nSPS) is 42.7. The Labute approximate surface area is 70.8 Å². The molecular formula is C8H14O4. The van der Waals surface area contributed by atoms with E-state index in [9.17, 15) is 15.0 Å². The predicted molar refractivity (Wildman–Crippen MR) is 41.4 cm³/mol. The average Bonchev–Trinajstić information content (AvgIpc) is 1.82. The molecule has 0 amide bonds. The molecule has 0 aromatic rings. The lowest BCUT2D eigenvalue weighted by molar-refractivity contribution is -0.137. The zero-order valence-corrected chi connectivity index (χ0v) is 6.97. The Hall–Kier alpha value is -0.450. The highest BCUT2D eigenvalue weighted by molar-refractivity contribution is 5.79. The van der Waals surface area contributed by atoms with Crippen molar-refractivity contribution in [3.05, 3.63) is 0 Å². The number of aliphatic hydroxyl groups is 3. The lowest BCUT2D eigenvalue weighted by Gasteiger charge is -2.33. The van der Waals surface area contributed by atoms with Crippen molar-refractivity contribution in [2.45, 2.75) is 38.1 Å². The molecule has 0 bridgehead atoms. The molecule has 70 valence electrons. The number of hydrogen-bond donors (Lipinski definition) is 3. The SMILES string of the molecule is CC(=O)C1C(O)CC(O)CC1O. The van der Waals surface area contributed by atoms with Crippen LogP contribution in [0.1, 0.15) is 19.8 Å². The zero-order chi connectivity index (χ0) is 9.30. The van der Waals surface area contributed by atoms with Gasteiger partial charge < -0.3 is 15.3 Å². The minimum absolute atomic E-state index is 0.182. The summed E-state index contributed by atoms with van der Waals surface area (Å²) in [5, 5.41) is 27.8. The van der Waals surface area contributed by atoms with Crippen molar-refractivity contribution in [3.63, 3.8) is 0 Å². The first kappa shape index (κ1) is 9.64. The molecule has 0 heterocycles. The van der Waals surface area contributed by atoms with E-state index in [4.69, 9.17) is 5.11 Å². The van der Waals surface area contributed by atoms with Gasteiger partial charge in [-0.3, -0.25) is 4.79 Å². The van der Waals surface area contributed by atoms with E-state index in [1.54, 1.807) is 0 Å². The Kier molecular flexibility index (Phi) is 2.82. The van der Waals surface area contributed by atoms with Crippen molar-refractivity contribution in [2.75, 3.05) is 0 Å². The van der Waals surface area contributed by atoms with Gasteiger partial charge >= 0.3 is 0 Å². The van der Waals surface area contributed by atoms with Gasteiger partial charge in [0.25, 0.3) is 0 Å². The van der Waals surface area contributed by atoms with Crippen LogP contribution < -0.4 is 0 Å². The lowest BCUT2D eigenvalue weighted by atomic mass is 9.80. The quantitative estimate of drug-likeness (QED) is 0.480. The minimum Gasteiger partial charge on any atom is -0.393 e. The highest BCUT2D eigenvalue weighted by atomic mass is 16.3. The van der Waals surface area contributed by atoms with Crippen LogP contribution in [0.5, 0.6) is 0 Å². The lowest BCUT2D eigenvalue weighted by Crippen LogP contribution is -2.45. The maximum atomic E-state index is 10.9. The highest BCUT2D eigenvalue weighted by Gasteiger charge is 2.37. The molecule has 4 heteroatoms. The molecule has 0 aliphatic heterocycles. The maximum Gasteiger partial charge on any atom is 0.138 e. The van der Waals surface area contributed by atoms with Gasteiger partial charge in [-0.15, -0.1) is 0 Å². The summed E-state index contributed by atoms with van der Waals surface area (Å²) in [5.41, 5.74) is 0. The third-order valence-electron chi connectivity index (χ3n) is 2.33. The smallest absolute Gasteiger partial charge is 0.138 e. The molecule has 1 aliphatic rings. The van der Waals surface area contributed by atoms with Crippen LogP contribution in [0.25, 0.3) is 0 Å². The Morgan fingerprint density at radius 2 is 1.58 bits per heavy atom. The molecule has 1 saturated carbocycles. The van der Waals surface area contributed by atoms with Crippen molar-refractivity contribution in [2.24, 2.45) is 5.92 Å². The number of carbonyl (C=O) groups excluding carboxylic acids is 1. The summed E-state index contributed by atoms with van der Waals surface area (Å²) in [4.78, 5) is 10.9. The van der Waals surface area contributed by atoms with Crippen molar-refractivity contribution in [3.8, 4) is 0 Å². The van der Waals surface area contributed by atoms with Crippen LogP contribution in [-0.2, 0) is 4.79 Å². The second kappa shape index (κ2) is 3.51. The molecule has 0 aromatic carbocycles. The average molecular weight is 174 g/mol. The van der Waals surface area contributed by atoms with Crippen LogP contribution in [-0.4, -0.2) is 39.4 Å². The first-order chi connectivity index (χ1) is 5.52. The van der Waals surface area contributed by atoms with Gasteiger partial charge in [0.05, 0.1) is 24.2 Å². The number of ketones is 1. The second-order valence-corrected chi connectivity index (χ2v) is 3.40. The molecule has 1 fully saturated rings. The molecule has 12 heavy (non-hydrogen) atoms. The van der Waals surface area contributed by atoms with Gasteiger partial charge in [-0.1, -0.05) is 0 Å². The highest BCUT2D eigenvalue weighted by Crippen LogP contribution is 2.25. The third-order valence-corrected chi connectivity index (χ3v) is 2.33. The molecule has 2 unspecified atom stereocenters. The summed E-state index contributed by atoms with van der Waals surface area (Å²) in [6, 6.07) is 0. The number of carbonyl (C=O) groups is 1. The van der Waals surface area contributed by atoms with Crippen LogP contribution in [0, 0.1) is 5.92 Å². The molecule has 2 atom stereocenters. The fourth-order valence-corrected chi connectivity index (χ4v) is 1.75. The van der Waals surface area contributed by atoms with Crippen molar-refractivity contribution >= 4 is 5.78 Å². The molecule has 0 saturated heterocycles. The fraction of sp³-hybridized carbons (Fsp3) is 0.875. The summed E-state index contributed by atoms with van der Waals surface area (Å²) in [6.07, 6.45) is -2.13. The molecule has 0 spiro atoms. The van der Waals surface area contributed by atoms with E-state index < -0.39 is 24.2 Å². The Morgan fingerprint density at radius 3 is 1.92 bits per heavy atom. The van der Waals surface area contributed by atoms with Gasteiger partial charge in [0.2, 0.25) is 0 Å². The van der Waals surface area contributed by atoms with E-state index in [-0.39, 0.29) is 18.6 Å². The van der Waals surface area contributed by atoms with Gasteiger partial charge in [0.1, 0.15) is 5.78 Å². The summed E-state index contributed by atoms with van der Waals surface area (Å²) >= 11 is 0. The third kappa shape index (κ3) is 1.83. The summed E-state index contributed by atoms with van der Waals surface area (Å²) in [5.74, 6) is -0.935.